The Morgan fingerprint density at radius 1 is 0.778 bits per heavy atom. The Morgan fingerprint density at radius 2 is 1.52 bits per heavy atom. The molecule has 0 spiro atoms. The molecule has 3 fully saturated rings. The third-order valence-electron chi connectivity index (χ3n) is 9.02. The summed E-state index contributed by atoms with van der Waals surface area (Å²) in [7, 11) is 2.13. The van der Waals surface area contributed by atoms with Gasteiger partial charge in [0.1, 0.15) is 0 Å². The Bertz CT molecular complexity index is 405. The van der Waals surface area contributed by atoms with Gasteiger partial charge >= 0.3 is 0 Å². The van der Waals surface area contributed by atoms with E-state index in [0.717, 1.165) is 35.5 Å². The summed E-state index contributed by atoms with van der Waals surface area (Å²) in [5, 5.41) is 3.46. The number of nitrogens with one attached hydrogen (secondary N) is 1. The van der Waals surface area contributed by atoms with Gasteiger partial charge < -0.3 is 5.32 Å². The predicted octanol–water partition coefficient (Wildman–Crippen LogP) is 7.59. The number of rotatable bonds is 7. The van der Waals surface area contributed by atoms with Crippen molar-refractivity contribution in [2.75, 3.05) is 7.05 Å². The van der Waals surface area contributed by atoms with Crippen LogP contribution in [0.15, 0.2) is 0 Å². The SMILES string of the molecule is CCCCC1CCCCCCCC2CCC3C(CCC(C)NC)CCC3C12. The molecule has 1 nitrogen and oxygen atoms in total. The van der Waals surface area contributed by atoms with E-state index in [1.54, 1.807) is 44.9 Å². The lowest BCUT2D eigenvalue weighted by molar-refractivity contribution is 0.0295. The van der Waals surface area contributed by atoms with E-state index < -0.39 is 0 Å². The fourth-order valence-electron chi connectivity index (χ4n) is 7.44. The zero-order chi connectivity index (χ0) is 19.1. The van der Waals surface area contributed by atoms with Crippen LogP contribution in [0.3, 0.4) is 0 Å². The van der Waals surface area contributed by atoms with Gasteiger partial charge in [0.15, 0.2) is 0 Å². The fourth-order valence-corrected chi connectivity index (χ4v) is 7.44. The lowest BCUT2D eigenvalue weighted by Crippen LogP contribution is -2.39. The number of hydrogen-bond acceptors (Lipinski definition) is 1. The van der Waals surface area contributed by atoms with Crippen molar-refractivity contribution in [2.45, 2.75) is 123 Å². The first-order valence-electron chi connectivity index (χ1n) is 12.9. The smallest absolute Gasteiger partial charge is 0.00358 e. The second kappa shape index (κ2) is 11.2. The molecule has 0 bridgehead atoms. The van der Waals surface area contributed by atoms with Gasteiger partial charge in [-0.15, -0.1) is 0 Å². The first kappa shape index (κ1) is 21.7. The second-order valence-corrected chi connectivity index (χ2v) is 10.6. The highest BCUT2D eigenvalue weighted by molar-refractivity contribution is 4.97. The topological polar surface area (TPSA) is 12.0 Å². The predicted molar refractivity (Wildman–Crippen MR) is 119 cm³/mol. The first-order chi connectivity index (χ1) is 13.2. The van der Waals surface area contributed by atoms with E-state index in [-0.39, 0.29) is 0 Å². The Kier molecular flexibility index (Phi) is 9.01. The highest BCUT2D eigenvalue weighted by atomic mass is 14.8. The lowest BCUT2D eigenvalue weighted by atomic mass is 9.59. The molecule has 0 radical (unpaired) electrons. The molecule has 3 aliphatic rings. The van der Waals surface area contributed by atoms with Crippen molar-refractivity contribution in [2.24, 2.45) is 35.5 Å². The van der Waals surface area contributed by atoms with E-state index in [9.17, 15) is 0 Å². The molecule has 1 N–H and O–H groups in total. The monoisotopic (exact) mass is 375 g/mol. The molecule has 0 heterocycles. The van der Waals surface area contributed by atoms with Gasteiger partial charge in [-0.05, 0) is 88.0 Å². The highest BCUT2D eigenvalue weighted by Gasteiger charge is 2.47. The molecule has 1 heteroatoms. The van der Waals surface area contributed by atoms with E-state index in [4.69, 9.17) is 0 Å². The van der Waals surface area contributed by atoms with Crippen LogP contribution < -0.4 is 5.32 Å². The van der Waals surface area contributed by atoms with E-state index in [1.165, 1.54) is 57.8 Å². The molecule has 27 heavy (non-hydrogen) atoms. The van der Waals surface area contributed by atoms with E-state index in [2.05, 4.69) is 26.2 Å². The molecule has 0 aromatic carbocycles. The Balaban J connectivity index is 1.69. The minimum atomic E-state index is 0.700. The third kappa shape index (κ3) is 5.74. The van der Waals surface area contributed by atoms with Gasteiger partial charge in [-0.3, -0.25) is 0 Å². The summed E-state index contributed by atoms with van der Waals surface area (Å²) < 4.78 is 0. The number of unbranched alkanes of at least 4 members (excludes halogenated alkanes) is 1. The van der Waals surface area contributed by atoms with Crippen molar-refractivity contribution in [3.63, 3.8) is 0 Å². The maximum Gasteiger partial charge on any atom is 0.00358 e. The lowest BCUT2D eigenvalue weighted by Gasteiger charge is -2.46. The molecule has 0 amide bonds. The van der Waals surface area contributed by atoms with Crippen molar-refractivity contribution in [3.05, 3.63) is 0 Å². The van der Waals surface area contributed by atoms with Gasteiger partial charge in [-0.25, -0.2) is 0 Å². The molecule has 0 saturated heterocycles. The van der Waals surface area contributed by atoms with Crippen LogP contribution in [0, 0.1) is 35.5 Å². The molecule has 0 aromatic heterocycles. The molecular formula is C26H49N. The van der Waals surface area contributed by atoms with Crippen LogP contribution >= 0.6 is 0 Å². The summed E-state index contributed by atoms with van der Waals surface area (Å²) in [4.78, 5) is 0. The fraction of sp³-hybridized carbons (Fsp3) is 1.00. The quantitative estimate of drug-likeness (QED) is 0.483. The van der Waals surface area contributed by atoms with Crippen LogP contribution in [-0.4, -0.2) is 13.1 Å². The minimum Gasteiger partial charge on any atom is -0.317 e. The number of hydrogen-bond donors (Lipinski definition) is 1. The van der Waals surface area contributed by atoms with Gasteiger partial charge in [0.05, 0.1) is 0 Å². The summed E-state index contributed by atoms with van der Waals surface area (Å²) >= 11 is 0. The molecule has 0 aromatic rings. The van der Waals surface area contributed by atoms with Gasteiger partial charge in [0, 0.05) is 6.04 Å². The van der Waals surface area contributed by atoms with E-state index in [1.807, 2.05) is 0 Å². The Labute approximate surface area is 170 Å². The average Bonchev–Trinajstić information content (AvgIpc) is 3.11. The van der Waals surface area contributed by atoms with Crippen molar-refractivity contribution in [1.29, 1.82) is 0 Å². The standard InChI is InChI=1S/C26H49N/c1-4-5-11-22-12-9-7-6-8-10-13-23-17-18-24-21(15-14-20(2)27-3)16-19-25(24)26(22)23/h20-27H,4-19H2,1-3H3. The summed E-state index contributed by atoms with van der Waals surface area (Å²) in [5.74, 6) is 6.48. The van der Waals surface area contributed by atoms with Crippen LogP contribution in [-0.2, 0) is 0 Å². The number of fused-ring (bicyclic) bond motifs is 3. The van der Waals surface area contributed by atoms with Crippen LogP contribution in [0.4, 0.5) is 0 Å². The van der Waals surface area contributed by atoms with Crippen molar-refractivity contribution >= 4 is 0 Å². The maximum atomic E-state index is 3.46. The van der Waals surface area contributed by atoms with Gasteiger partial charge in [0.2, 0.25) is 0 Å². The van der Waals surface area contributed by atoms with Crippen molar-refractivity contribution in [3.8, 4) is 0 Å². The average molecular weight is 376 g/mol. The van der Waals surface area contributed by atoms with Crippen LogP contribution in [0.5, 0.6) is 0 Å². The molecule has 7 unspecified atom stereocenters. The van der Waals surface area contributed by atoms with Crippen molar-refractivity contribution in [1.82, 2.24) is 5.32 Å². The molecule has 0 aliphatic heterocycles. The molecule has 3 aliphatic carbocycles. The summed E-state index contributed by atoms with van der Waals surface area (Å²) in [6, 6.07) is 0.700. The summed E-state index contributed by atoms with van der Waals surface area (Å²) in [6.45, 7) is 4.77. The second-order valence-electron chi connectivity index (χ2n) is 10.6. The molecular weight excluding hydrogens is 326 g/mol. The zero-order valence-corrected chi connectivity index (χ0v) is 18.9. The van der Waals surface area contributed by atoms with Gasteiger partial charge in [-0.1, -0.05) is 71.1 Å². The van der Waals surface area contributed by atoms with Crippen LogP contribution in [0.25, 0.3) is 0 Å². The molecule has 3 rings (SSSR count). The van der Waals surface area contributed by atoms with Gasteiger partial charge in [0.25, 0.3) is 0 Å². The summed E-state index contributed by atoms with van der Waals surface area (Å²) in [6.07, 6.45) is 24.3. The molecule has 7 atom stereocenters. The normalized spacial score (nSPS) is 38.8. The summed E-state index contributed by atoms with van der Waals surface area (Å²) in [5.41, 5.74) is 0. The minimum absolute atomic E-state index is 0.700. The first-order valence-corrected chi connectivity index (χ1v) is 12.9. The van der Waals surface area contributed by atoms with Crippen molar-refractivity contribution < 1.29 is 0 Å². The highest BCUT2D eigenvalue weighted by Crippen LogP contribution is 2.56. The Morgan fingerprint density at radius 3 is 2.30 bits per heavy atom. The molecule has 3 saturated carbocycles. The third-order valence-corrected chi connectivity index (χ3v) is 9.02. The maximum absolute atomic E-state index is 3.46. The van der Waals surface area contributed by atoms with Crippen LogP contribution in [0.2, 0.25) is 0 Å². The Hall–Kier alpha value is -0.0400. The van der Waals surface area contributed by atoms with Gasteiger partial charge in [-0.2, -0.15) is 0 Å². The largest absolute Gasteiger partial charge is 0.317 e. The van der Waals surface area contributed by atoms with Crippen LogP contribution in [0.1, 0.15) is 117 Å². The van der Waals surface area contributed by atoms with E-state index >= 15 is 0 Å². The zero-order valence-electron chi connectivity index (χ0n) is 18.9. The van der Waals surface area contributed by atoms with E-state index in [0.29, 0.717) is 6.04 Å². The molecule has 158 valence electrons.